The first-order valence-electron chi connectivity index (χ1n) is 7.27. The molecule has 1 aromatic carbocycles. The minimum absolute atomic E-state index is 0.118. The van der Waals surface area contributed by atoms with E-state index in [1.807, 2.05) is 0 Å². The topological polar surface area (TPSA) is 76.4 Å². The van der Waals surface area contributed by atoms with Crippen LogP contribution in [0.4, 0.5) is 19.3 Å². The molecule has 6 nitrogen and oxygen atoms in total. The number of halogens is 2. The van der Waals surface area contributed by atoms with E-state index in [9.17, 15) is 13.6 Å². The summed E-state index contributed by atoms with van der Waals surface area (Å²) in [6, 6.07) is 6.57. The Morgan fingerprint density at radius 3 is 2.46 bits per heavy atom. The number of hydrogen-bond acceptors (Lipinski definition) is 4. The molecule has 0 aliphatic heterocycles. The van der Waals surface area contributed by atoms with Gasteiger partial charge in [0, 0.05) is 0 Å². The van der Waals surface area contributed by atoms with Crippen molar-refractivity contribution in [2.24, 2.45) is 0 Å². The lowest BCUT2D eigenvalue weighted by Crippen LogP contribution is -2.27. The van der Waals surface area contributed by atoms with Crippen molar-refractivity contribution in [1.82, 2.24) is 9.78 Å². The number of carbonyl (C=O) groups is 1. The second-order valence-electron chi connectivity index (χ2n) is 6.12. The van der Waals surface area contributed by atoms with Crippen LogP contribution in [-0.4, -0.2) is 26.6 Å². The number of anilines is 1. The van der Waals surface area contributed by atoms with Crippen LogP contribution in [0.5, 0.6) is 0 Å². The number of alkyl halides is 2. The van der Waals surface area contributed by atoms with Gasteiger partial charge in [-0.05, 0) is 38.5 Å². The summed E-state index contributed by atoms with van der Waals surface area (Å²) >= 11 is 0. The molecule has 24 heavy (non-hydrogen) atoms. The summed E-state index contributed by atoms with van der Waals surface area (Å²) in [6.07, 6.45) is -2.40. The van der Waals surface area contributed by atoms with Gasteiger partial charge in [0.25, 0.3) is 6.43 Å². The summed E-state index contributed by atoms with van der Waals surface area (Å²) in [4.78, 5) is 11.8. The van der Waals surface area contributed by atoms with E-state index in [0.717, 1.165) is 0 Å². The quantitative estimate of drug-likeness (QED) is 0.891. The first-order chi connectivity index (χ1) is 11.2. The highest BCUT2D eigenvalue weighted by molar-refractivity contribution is 5.85. The summed E-state index contributed by atoms with van der Waals surface area (Å²) in [6.45, 7) is 4.90. The molecule has 0 atom stereocenters. The molecule has 0 unspecified atom stereocenters. The average molecular weight is 339 g/mol. The number of aromatic nitrogens is 2. The molecule has 0 radical (unpaired) electrons. The number of ether oxygens (including phenoxy) is 1. The monoisotopic (exact) mass is 339 g/mol. The molecule has 0 saturated carbocycles. The van der Waals surface area contributed by atoms with E-state index >= 15 is 0 Å². The van der Waals surface area contributed by atoms with Crippen LogP contribution in [0, 0.1) is 0 Å². The van der Waals surface area contributed by atoms with Gasteiger partial charge in [-0.1, -0.05) is 12.1 Å². The van der Waals surface area contributed by atoms with E-state index in [0.29, 0.717) is 11.3 Å². The molecule has 1 amide bonds. The van der Waals surface area contributed by atoms with Crippen molar-refractivity contribution in [1.29, 1.82) is 0 Å². The maximum Gasteiger partial charge on any atom is 0.412 e. The normalized spacial score (nSPS) is 11.6. The van der Waals surface area contributed by atoms with Crippen LogP contribution in [0.15, 0.2) is 30.5 Å². The fourth-order valence-electron chi connectivity index (χ4n) is 1.94. The molecule has 0 aliphatic carbocycles. The van der Waals surface area contributed by atoms with E-state index < -0.39 is 23.8 Å². The zero-order valence-electron chi connectivity index (χ0n) is 13.6. The molecule has 1 heterocycles. The van der Waals surface area contributed by atoms with Gasteiger partial charge < -0.3 is 9.84 Å². The molecule has 8 heteroatoms. The van der Waals surface area contributed by atoms with E-state index in [1.165, 1.54) is 10.9 Å². The van der Waals surface area contributed by atoms with E-state index in [-0.39, 0.29) is 12.3 Å². The number of rotatable bonds is 4. The maximum atomic E-state index is 13.2. The van der Waals surface area contributed by atoms with Gasteiger partial charge in [0.15, 0.2) is 5.69 Å². The number of aliphatic hydroxyl groups is 1. The molecule has 0 bridgehead atoms. The summed E-state index contributed by atoms with van der Waals surface area (Å²) in [5.41, 5.74) is -0.207. The summed E-state index contributed by atoms with van der Waals surface area (Å²) in [5.74, 6) is 0. The summed E-state index contributed by atoms with van der Waals surface area (Å²) in [7, 11) is 0. The molecule has 0 spiro atoms. The largest absolute Gasteiger partial charge is 0.444 e. The smallest absolute Gasteiger partial charge is 0.412 e. The first-order valence-corrected chi connectivity index (χ1v) is 7.27. The molecule has 2 aromatic rings. The first kappa shape index (κ1) is 17.9. The predicted octanol–water partition coefficient (Wildman–Crippen LogP) is 3.65. The predicted molar refractivity (Wildman–Crippen MR) is 84.3 cm³/mol. The minimum atomic E-state index is -2.85. The Balaban J connectivity index is 2.27. The second-order valence-corrected chi connectivity index (χ2v) is 6.12. The van der Waals surface area contributed by atoms with Crippen molar-refractivity contribution in [3.05, 3.63) is 41.7 Å². The van der Waals surface area contributed by atoms with Crippen LogP contribution < -0.4 is 5.32 Å². The molecular weight excluding hydrogens is 320 g/mol. The molecule has 0 saturated heterocycles. The number of hydrogen-bond donors (Lipinski definition) is 2. The van der Waals surface area contributed by atoms with Crippen molar-refractivity contribution in [2.75, 3.05) is 5.32 Å². The van der Waals surface area contributed by atoms with Crippen LogP contribution in [0.2, 0.25) is 0 Å². The average Bonchev–Trinajstić information content (AvgIpc) is 2.89. The lowest BCUT2D eigenvalue weighted by atomic mass is 10.2. The zero-order valence-corrected chi connectivity index (χ0v) is 13.6. The van der Waals surface area contributed by atoms with Crippen LogP contribution in [0.25, 0.3) is 5.69 Å². The number of nitrogens with zero attached hydrogens (tertiary/aromatic N) is 2. The third-order valence-corrected chi connectivity index (χ3v) is 2.97. The Hall–Kier alpha value is -2.48. The van der Waals surface area contributed by atoms with Crippen LogP contribution in [0.1, 0.15) is 38.5 Å². The van der Waals surface area contributed by atoms with Gasteiger partial charge in [-0.25, -0.2) is 18.3 Å². The van der Waals surface area contributed by atoms with Crippen molar-refractivity contribution in [2.45, 2.75) is 39.4 Å². The number of amides is 1. The third-order valence-electron chi connectivity index (χ3n) is 2.97. The van der Waals surface area contributed by atoms with Gasteiger partial charge >= 0.3 is 6.09 Å². The lowest BCUT2D eigenvalue weighted by molar-refractivity contribution is 0.0635. The minimum Gasteiger partial charge on any atom is -0.444 e. The lowest BCUT2D eigenvalue weighted by Gasteiger charge is -2.19. The zero-order chi connectivity index (χ0) is 17.9. The van der Waals surface area contributed by atoms with Gasteiger partial charge in [0.2, 0.25) is 0 Å². The fourth-order valence-corrected chi connectivity index (χ4v) is 1.94. The molecular formula is C16H19F2N3O3. The number of aliphatic hydroxyl groups excluding tert-OH is 1. The molecule has 0 fully saturated rings. The van der Waals surface area contributed by atoms with E-state index in [4.69, 9.17) is 9.84 Å². The van der Waals surface area contributed by atoms with Crippen LogP contribution >= 0.6 is 0 Å². The van der Waals surface area contributed by atoms with Gasteiger partial charge in [-0.3, -0.25) is 5.32 Å². The highest BCUT2D eigenvalue weighted by atomic mass is 19.3. The summed E-state index contributed by atoms with van der Waals surface area (Å²) < 4.78 is 32.6. The number of nitrogens with one attached hydrogen (secondary N) is 1. The van der Waals surface area contributed by atoms with Crippen LogP contribution in [-0.2, 0) is 11.3 Å². The fraction of sp³-hybridized carbons (Fsp3) is 0.375. The second kappa shape index (κ2) is 6.96. The van der Waals surface area contributed by atoms with Gasteiger partial charge in [-0.2, -0.15) is 5.10 Å². The summed E-state index contributed by atoms with van der Waals surface area (Å²) in [5, 5.41) is 15.1. The highest BCUT2D eigenvalue weighted by Gasteiger charge is 2.23. The van der Waals surface area contributed by atoms with Crippen LogP contribution in [0.3, 0.4) is 0 Å². The SMILES string of the molecule is CC(C)(C)OC(=O)Nc1cn(-c2ccc(CO)cc2)nc1C(F)F. The van der Waals surface area contributed by atoms with E-state index in [2.05, 4.69) is 10.4 Å². The standard InChI is InChI=1S/C16H19F2N3O3/c1-16(2,3)24-15(23)19-12-8-21(20-13(12)14(17)18)11-6-4-10(9-22)5-7-11/h4-8,14,22H,9H2,1-3H3,(H,19,23). The highest BCUT2D eigenvalue weighted by Crippen LogP contribution is 2.27. The van der Waals surface area contributed by atoms with Crippen molar-refractivity contribution in [3.8, 4) is 5.69 Å². The number of carbonyl (C=O) groups excluding carboxylic acids is 1. The van der Waals surface area contributed by atoms with E-state index in [1.54, 1.807) is 45.0 Å². The maximum absolute atomic E-state index is 13.2. The Morgan fingerprint density at radius 2 is 1.96 bits per heavy atom. The Kier molecular flexibility index (Phi) is 5.18. The van der Waals surface area contributed by atoms with Crippen molar-refractivity contribution >= 4 is 11.8 Å². The van der Waals surface area contributed by atoms with Gasteiger partial charge in [0.1, 0.15) is 5.60 Å². The molecule has 0 aliphatic rings. The third kappa shape index (κ3) is 4.51. The van der Waals surface area contributed by atoms with Crippen molar-refractivity contribution < 1.29 is 23.4 Å². The van der Waals surface area contributed by atoms with Gasteiger partial charge in [0.05, 0.1) is 24.2 Å². The molecule has 130 valence electrons. The van der Waals surface area contributed by atoms with Gasteiger partial charge in [-0.15, -0.1) is 0 Å². The Labute approximate surface area is 138 Å². The molecule has 1 aromatic heterocycles. The Morgan fingerprint density at radius 1 is 1.33 bits per heavy atom. The molecule has 2 N–H and O–H groups in total. The van der Waals surface area contributed by atoms with Crippen molar-refractivity contribution in [3.63, 3.8) is 0 Å². The molecule has 2 rings (SSSR count). The number of benzene rings is 1. The Bertz CT molecular complexity index is 706.